The molecular weight excluding hydrogens is 320 g/mol. The summed E-state index contributed by atoms with van der Waals surface area (Å²) in [5.74, 6) is -1.14. The highest BCUT2D eigenvalue weighted by Gasteiger charge is 2.30. The molecule has 2 atom stereocenters. The Kier molecular flexibility index (Phi) is 5.16. The SMILES string of the molecule is CC(C)(C)OC(=O)N[C@@H](C[C@@H]1CC(Br)=NO1)C(=O)O. The van der Waals surface area contributed by atoms with Crippen LogP contribution in [0.25, 0.3) is 0 Å². The van der Waals surface area contributed by atoms with E-state index in [9.17, 15) is 9.59 Å². The number of amides is 1. The summed E-state index contributed by atoms with van der Waals surface area (Å²) in [4.78, 5) is 27.6. The van der Waals surface area contributed by atoms with Crippen molar-refractivity contribution in [3.63, 3.8) is 0 Å². The van der Waals surface area contributed by atoms with Crippen LogP contribution in [0, 0.1) is 0 Å². The van der Waals surface area contributed by atoms with Crippen molar-refractivity contribution in [2.75, 3.05) is 0 Å². The molecule has 0 saturated carbocycles. The first kappa shape index (κ1) is 15.7. The van der Waals surface area contributed by atoms with Gasteiger partial charge >= 0.3 is 12.1 Å². The molecule has 2 N–H and O–H groups in total. The molecule has 7 nitrogen and oxygen atoms in total. The number of nitrogens with one attached hydrogen (secondary N) is 1. The lowest BCUT2D eigenvalue weighted by molar-refractivity contribution is -0.140. The monoisotopic (exact) mass is 336 g/mol. The van der Waals surface area contributed by atoms with Gasteiger partial charge in [0.05, 0.1) is 0 Å². The highest BCUT2D eigenvalue weighted by atomic mass is 79.9. The Bertz CT molecular complexity index is 391. The Morgan fingerprint density at radius 3 is 2.68 bits per heavy atom. The number of halogens is 1. The second-order valence-corrected chi connectivity index (χ2v) is 6.09. The molecule has 0 aromatic rings. The first-order valence-corrected chi connectivity index (χ1v) is 6.57. The van der Waals surface area contributed by atoms with Crippen molar-refractivity contribution < 1.29 is 24.3 Å². The van der Waals surface area contributed by atoms with Crippen molar-refractivity contribution in [2.24, 2.45) is 5.16 Å². The predicted molar refractivity (Wildman–Crippen MR) is 71.3 cm³/mol. The van der Waals surface area contributed by atoms with Gasteiger partial charge in [0, 0.05) is 12.8 Å². The van der Waals surface area contributed by atoms with E-state index in [4.69, 9.17) is 14.7 Å². The van der Waals surface area contributed by atoms with Crippen LogP contribution < -0.4 is 5.32 Å². The van der Waals surface area contributed by atoms with E-state index in [2.05, 4.69) is 26.4 Å². The predicted octanol–water partition coefficient (Wildman–Crippen LogP) is 1.85. The number of carbonyl (C=O) groups excluding carboxylic acids is 1. The standard InChI is InChI=1S/C11H17BrN2O5/c1-11(2,3)18-10(17)13-7(9(15)16)4-6-5-8(12)14-19-6/h6-7H,4-5H2,1-3H3,(H,13,17)(H,15,16)/t6-,7+/m1/s1. The number of aliphatic carboxylic acids is 1. The Balaban J connectivity index is 2.50. The Labute approximate surface area is 119 Å². The maximum absolute atomic E-state index is 11.5. The maximum atomic E-state index is 11.5. The number of alkyl carbamates (subject to hydrolysis) is 1. The van der Waals surface area contributed by atoms with Crippen LogP contribution in [0.2, 0.25) is 0 Å². The summed E-state index contributed by atoms with van der Waals surface area (Å²) in [7, 11) is 0. The third-order valence-corrected chi connectivity index (χ3v) is 2.65. The van der Waals surface area contributed by atoms with E-state index in [0.717, 1.165) is 0 Å². The molecular formula is C11H17BrN2O5. The molecule has 1 amide bonds. The lowest BCUT2D eigenvalue weighted by atomic mass is 10.1. The number of hydrogen-bond donors (Lipinski definition) is 2. The fourth-order valence-electron chi connectivity index (χ4n) is 1.45. The van der Waals surface area contributed by atoms with Crippen molar-refractivity contribution in [1.29, 1.82) is 0 Å². The highest BCUT2D eigenvalue weighted by Crippen LogP contribution is 2.19. The summed E-state index contributed by atoms with van der Waals surface area (Å²) in [5.41, 5.74) is -0.677. The Morgan fingerprint density at radius 1 is 1.63 bits per heavy atom. The summed E-state index contributed by atoms with van der Waals surface area (Å²) in [6.45, 7) is 5.11. The van der Waals surface area contributed by atoms with Crippen molar-refractivity contribution in [1.82, 2.24) is 5.32 Å². The van der Waals surface area contributed by atoms with Crippen LogP contribution in [0.4, 0.5) is 4.79 Å². The molecule has 0 fully saturated rings. The van der Waals surface area contributed by atoms with E-state index >= 15 is 0 Å². The first-order valence-electron chi connectivity index (χ1n) is 5.78. The normalized spacial score (nSPS) is 20.2. The van der Waals surface area contributed by atoms with Crippen LogP contribution in [-0.2, 0) is 14.4 Å². The number of rotatable bonds is 4. The number of nitrogens with zero attached hydrogens (tertiary/aromatic N) is 1. The molecule has 0 aromatic heterocycles. The Hall–Kier alpha value is -1.31. The average Bonchev–Trinajstić information content (AvgIpc) is 2.60. The molecule has 1 aliphatic heterocycles. The van der Waals surface area contributed by atoms with Gasteiger partial charge in [-0.2, -0.15) is 0 Å². The van der Waals surface area contributed by atoms with Crippen LogP contribution in [0.1, 0.15) is 33.6 Å². The second kappa shape index (κ2) is 6.23. The minimum Gasteiger partial charge on any atom is -0.480 e. The molecule has 108 valence electrons. The number of carboxylic acid groups (broad SMARTS) is 1. The van der Waals surface area contributed by atoms with E-state index in [1.807, 2.05) is 0 Å². The smallest absolute Gasteiger partial charge is 0.408 e. The molecule has 0 saturated heterocycles. The molecule has 0 unspecified atom stereocenters. The summed E-state index contributed by atoms with van der Waals surface area (Å²) in [5, 5.41) is 15.0. The van der Waals surface area contributed by atoms with Gasteiger partial charge in [0.2, 0.25) is 0 Å². The highest BCUT2D eigenvalue weighted by molar-refractivity contribution is 9.18. The third kappa shape index (κ3) is 5.91. The van der Waals surface area contributed by atoms with E-state index in [-0.39, 0.29) is 12.5 Å². The fraction of sp³-hybridized carbons (Fsp3) is 0.727. The van der Waals surface area contributed by atoms with Crippen LogP contribution in [0.5, 0.6) is 0 Å². The second-order valence-electron chi connectivity index (χ2n) is 5.17. The van der Waals surface area contributed by atoms with E-state index in [1.54, 1.807) is 20.8 Å². The summed E-state index contributed by atoms with van der Waals surface area (Å²) in [6.07, 6.45) is -0.532. The number of ether oxygens (including phenoxy) is 1. The minimum absolute atomic E-state index is 0.118. The lowest BCUT2D eigenvalue weighted by Crippen LogP contribution is -2.45. The molecule has 1 rings (SSSR count). The topological polar surface area (TPSA) is 97.2 Å². The van der Waals surface area contributed by atoms with E-state index in [1.165, 1.54) is 0 Å². The largest absolute Gasteiger partial charge is 0.480 e. The van der Waals surface area contributed by atoms with Gasteiger partial charge in [-0.1, -0.05) is 5.16 Å². The molecule has 0 radical (unpaired) electrons. The molecule has 0 spiro atoms. The molecule has 0 aliphatic carbocycles. The van der Waals surface area contributed by atoms with Crippen LogP contribution in [0.3, 0.4) is 0 Å². The molecule has 0 bridgehead atoms. The maximum Gasteiger partial charge on any atom is 0.408 e. The van der Waals surface area contributed by atoms with Gasteiger partial charge < -0.3 is 20.0 Å². The van der Waals surface area contributed by atoms with Gasteiger partial charge in [-0.05, 0) is 36.7 Å². The third-order valence-electron chi connectivity index (χ3n) is 2.18. The van der Waals surface area contributed by atoms with Crippen LogP contribution in [-0.4, -0.2) is 39.5 Å². The minimum atomic E-state index is -1.14. The summed E-state index contributed by atoms with van der Waals surface area (Å²) in [6, 6.07) is -1.08. The zero-order chi connectivity index (χ0) is 14.6. The van der Waals surface area contributed by atoms with Gasteiger partial charge in [0.1, 0.15) is 22.4 Å². The number of oxime groups is 1. The fourth-order valence-corrected chi connectivity index (χ4v) is 1.90. The molecule has 1 aliphatic rings. The van der Waals surface area contributed by atoms with Gasteiger partial charge in [-0.25, -0.2) is 9.59 Å². The number of hydrogen-bond acceptors (Lipinski definition) is 5. The Morgan fingerprint density at radius 2 is 2.26 bits per heavy atom. The first-order chi connectivity index (χ1) is 8.67. The quantitative estimate of drug-likeness (QED) is 0.816. The molecule has 8 heteroatoms. The summed E-state index contributed by atoms with van der Waals surface area (Å²) < 4.78 is 5.64. The van der Waals surface area contributed by atoms with Gasteiger partial charge in [0.25, 0.3) is 0 Å². The zero-order valence-electron chi connectivity index (χ0n) is 11.0. The van der Waals surface area contributed by atoms with Crippen molar-refractivity contribution in [3.8, 4) is 0 Å². The summed E-state index contributed by atoms with van der Waals surface area (Å²) >= 11 is 3.16. The van der Waals surface area contributed by atoms with E-state index < -0.39 is 23.7 Å². The van der Waals surface area contributed by atoms with Gasteiger partial charge in [-0.3, -0.25) is 0 Å². The van der Waals surface area contributed by atoms with Crippen LogP contribution in [0.15, 0.2) is 5.16 Å². The average molecular weight is 337 g/mol. The molecule has 1 heterocycles. The molecule has 0 aromatic carbocycles. The van der Waals surface area contributed by atoms with Crippen LogP contribution >= 0.6 is 15.9 Å². The zero-order valence-corrected chi connectivity index (χ0v) is 12.6. The van der Waals surface area contributed by atoms with Crippen molar-refractivity contribution >= 4 is 32.6 Å². The number of carbonyl (C=O) groups is 2. The molecule has 19 heavy (non-hydrogen) atoms. The van der Waals surface area contributed by atoms with E-state index in [0.29, 0.717) is 11.0 Å². The van der Waals surface area contributed by atoms with Crippen molar-refractivity contribution in [3.05, 3.63) is 0 Å². The van der Waals surface area contributed by atoms with Gasteiger partial charge in [-0.15, -0.1) is 0 Å². The lowest BCUT2D eigenvalue weighted by Gasteiger charge is -2.22. The number of carboxylic acids is 1. The van der Waals surface area contributed by atoms with Gasteiger partial charge in [0.15, 0.2) is 0 Å². The van der Waals surface area contributed by atoms with Crippen molar-refractivity contribution in [2.45, 2.75) is 51.4 Å².